The molecule has 158 valence electrons. The number of nitrogens with one attached hydrogen (secondary N) is 2. The van der Waals surface area contributed by atoms with Gasteiger partial charge in [0.15, 0.2) is 0 Å². The predicted molar refractivity (Wildman–Crippen MR) is 119 cm³/mol. The molecule has 7 nitrogen and oxygen atoms in total. The van der Waals surface area contributed by atoms with Gasteiger partial charge in [0.05, 0.1) is 33.5 Å². The minimum atomic E-state index is -3.60. The number of hydrogen-bond acceptors (Lipinski definition) is 5. The van der Waals surface area contributed by atoms with E-state index in [2.05, 4.69) is 10.6 Å². The summed E-state index contributed by atoms with van der Waals surface area (Å²) >= 11 is 6.07. The average molecular weight is 439 g/mol. The van der Waals surface area contributed by atoms with Crippen LogP contribution in [0.15, 0.2) is 47.4 Å². The molecule has 9 heteroatoms. The second kappa shape index (κ2) is 9.96. The Morgan fingerprint density at radius 3 is 2.28 bits per heavy atom. The van der Waals surface area contributed by atoms with E-state index in [0.29, 0.717) is 29.5 Å². The third-order valence-electron chi connectivity index (χ3n) is 4.38. The lowest BCUT2D eigenvalue weighted by molar-refractivity contribution is -0.114. The van der Waals surface area contributed by atoms with Gasteiger partial charge in [0, 0.05) is 27.2 Å². The van der Waals surface area contributed by atoms with Gasteiger partial charge in [0.2, 0.25) is 15.9 Å². The summed E-state index contributed by atoms with van der Waals surface area (Å²) in [6.07, 6.45) is 0. The molecule has 29 heavy (non-hydrogen) atoms. The number of hydrogen-bond donors (Lipinski definition) is 2. The molecule has 2 N–H and O–H groups in total. The number of carbonyl (C=O) groups excluding carboxylic acids is 1. The monoisotopic (exact) mass is 438 g/mol. The van der Waals surface area contributed by atoms with E-state index in [0.717, 1.165) is 5.69 Å². The minimum Gasteiger partial charge on any atom is -0.376 e. The minimum absolute atomic E-state index is 0.0408. The van der Waals surface area contributed by atoms with Crippen molar-refractivity contribution in [1.82, 2.24) is 4.31 Å². The van der Waals surface area contributed by atoms with Gasteiger partial charge >= 0.3 is 0 Å². The van der Waals surface area contributed by atoms with Gasteiger partial charge in [-0.15, -0.1) is 0 Å². The fourth-order valence-corrected chi connectivity index (χ4v) is 4.52. The Morgan fingerprint density at radius 2 is 1.69 bits per heavy atom. The number of nitrogens with zero attached hydrogens (tertiary/aromatic N) is 2. The Morgan fingerprint density at radius 1 is 1.03 bits per heavy atom. The van der Waals surface area contributed by atoms with Crippen molar-refractivity contribution in [3.8, 4) is 0 Å². The molecule has 0 saturated heterocycles. The Labute approximate surface area is 177 Å². The lowest BCUT2D eigenvalue weighted by Crippen LogP contribution is -2.30. The maximum Gasteiger partial charge on any atom is 0.243 e. The van der Waals surface area contributed by atoms with Crippen LogP contribution in [-0.2, 0) is 14.8 Å². The van der Waals surface area contributed by atoms with Crippen LogP contribution in [0.5, 0.6) is 0 Å². The predicted octanol–water partition coefficient (Wildman–Crippen LogP) is 3.49. The second-order valence-electron chi connectivity index (χ2n) is 6.54. The molecular weight excluding hydrogens is 412 g/mol. The van der Waals surface area contributed by atoms with Gasteiger partial charge in [-0.05, 0) is 30.3 Å². The maximum absolute atomic E-state index is 12.8. The molecule has 0 fully saturated rings. The zero-order valence-corrected chi connectivity index (χ0v) is 18.6. The number of amides is 1. The van der Waals surface area contributed by atoms with Crippen LogP contribution in [0.25, 0.3) is 0 Å². The first-order valence-corrected chi connectivity index (χ1v) is 11.1. The van der Waals surface area contributed by atoms with Crippen LogP contribution in [0.3, 0.4) is 0 Å². The van der Waals surface area contributed by atoms with Crippen molar-refractivity contribution < 1.29 is 13.2 Å². The largest absolute Gasteiger partial charge is 0.376 e. The van der Waals surface area contributed by atoms with Crippen LogP contribution in [0.2, 0.25) is 5.02 Å². The van der Waals surface area contributed by atoms with Gasteiger partial charge in [-0.2, -0.15) is 4.31 Å². The van der Waals surface area contributed by atoms with Gasteiger partial charge in [0.25, 0.3) is 0 Å². The molecule has 0 unspecified atom stereocenters. The van der Waals surface area contributed by atoms with Crippen LogP contribution in [-0.4, -0.2) is 52.4 Å². The Kier molecular flexibility index (Phi) is 7.89. The first kappa shape index (κ1) is 23.0. The number of anilines is 3. The van der Waals surface area contributed by atoms with Crippen molar-refractivity contribution in [1.29, 1.82) is 0 Å². The van der Waals surface area contributed by atoms with E-state index in [-0.39, 0.29) is 17.3 Å². The third-order valence-corrected chi connectivity index (χ3v) is 6.76. The summed E-state index contributed by atoms with van der Waals surface area (Å²) in [5, 5.41) is 6.23. The lowest BCUT2D eigenvalue weighted by Gasteiger charge is -2.22. The summed E-state index contributed by atoms with van der Waals surface area (Å²) in [6.45, 7) is 4.33. The summed E-state index contributed by atoms with van der Waals surface area (Å²) in [5.74, 6) is -0.292. The van der Waals surface area contributed by atoms with Gasteiger partial charge in [0.1, 0.15) is 0 Å². The molecule has 0 aromatic heterocycles. The highest BCUT2D eigenvalue weighted by Gasteiger charge is 2.23. The molecule has 2 aromatic carbocycles. The highest BCUT2D eigenvalue weighted by molar-refractivity contribution is 7.89. The summed E-state index contributed by atoms with van der Waals surface area (Å²) in [5.41, 5.74) is 1.85. The molecule has 0 atom stereocenters. The zero-order chi connectivity index (χ0) is 21.6. The van der Waals surface area contributed by atoms with E-state index in [4.69, 9.17) is 11.6 Å². The number of sulfonamides is 1. The average Bonchev–Trinajstić information content (AvgIpc) is 2.68. The topological polar surface area (TPSA) is 81.8 Å². The molecule has 2 aromatic rings. The summed E-state index contributed by atoms with van der Waals surface area (Å²) in [4.78, 5) is 14.4. The van der Waals surface area contributed by atoms with Gasteiger partial charge in [-0.25, -0.2) is 8.42 Å². The van der Waals surface area contributed by atoms with E-state index < -0.39 is 10.0 Å². The molecule has 0 spiro atoms. The van der Waals surface area contributed by atoms with E-state index in [9.17, 15) is 13.2 Å². The van der Waals surface area contributed by atoms with E-state index in [1.54, 1.807) is 56.3 Å². The SMILES string of the molecule is CCN(CC)S(=O)(=O)c1ccc(N(C)C)c(NCC(=O)Nc2ccccc2Cl)c1. The molecule has 0 heterocycles. The Balaban J connectivity index is 2.24. The molecule has 1 amide bonds. The first-order chi connectivity index (χ1) is 13.7. The van der Waals surface area contributed by atoms with E-state index in [1.165, 1.54) is 4.31 Å². The summed E-state index contributed by atoms with van der Waals surface area (Å²) in [6, 6.07) is 11.8. The normalized spacial score (nSPS) is 11.4. The number of halogens is 1. The molecule has 0 saturated carbocycles. The first-order valence-electron chi connectivity index (χ1n) is 9.30. The Hall–Kier alpha value is -2.29. The quantitative estimate of drug-likeness (QED) is 0.626. The highest BCUT2D eigenvalue weighted by atomic mass is 35.5. The van der Waals surface area contributed by atoms with Crippen LogP contribution in [0, 0.1) is 0 Å². The Bertz CT molecular complexity index is 960. The molecule has 0 aliphatic carbocycles. The smallest absolute Gasteiger partial charge is 0.243 e. The highest BCUT2D eigenvalue weighted by Crippen LogP contribution is 2.29. The maximum atomic E-state index is 12.8. The van der Waals surface area contributed by atoms with Crippen molar-refractivity contribution in [2.75, 3.05) is 49.3 Å². The lowest BCUT2D eigenvalue weighted by atomic mass is 10.2. The molecule has 0 bridgehead atoms. The standard InChI is InChI=1S/C20H27ClN4O3S/c1-5-25(6-2)29(27,28)15-11-12-19(24(3)4)18(13-15)22-14-20(26)23-17-10-8-7-9-16(17)21/h7-13,22H,5-6,14H2,1-4H3,(H,23,26). The molecule has 0 aliphatic rings. The van der Waals surface area contributed by atoms with Crippen molar-refractivity contribution in [3.63, 3.8) is 0 Å². The van der Waals surface area contributed by atoms with Crippen LogP contribution < -0.4 is 15.5 Å². The van der Waals surface area contributed by atoms with Crippen LogP contribution >= 0.6 is 11.6 Å². The molecule has 0 aliphatic heterocycles. The fourth-order valence-electron chi connectivity index (χ4n) is 2.85. The van der Waals surface area contributed by atoms with Crippen molar-refractivity contribution in [3.05, 3.63) is 47.5 Å². The molecule has 0 radical (unpaired) electrons. The summed E-state index contributed by atoms with van der Waals surface area (Å²) in [7, 11) is 0.0981. The summed E-state index contributed by atoms with van der Waals surface area (Å²) < 4.78 is 27.1. The number of para-hydroxylation sites is 1. The fraction of sp³-hybridized carbons (Fsp3) is 0.350. The van der Waals surface area contributed by atoms with E-state index >= 15 is 0 Å². The van der Waals surface area contributed by atoms with Crippen molar-refractivity contribution in [2.24, 2.45) is 0 Å². The van der Waals surface area contributed by atoms with Gasteiger partial charge < -0.3 is 15.5 Å². The van der Waals surface area contributed by atoms with Crippen LogP contribution in [0.4, 0.5) is 17.1 Å². The van der Waals surface area contributed by atoms with Crippen LogP contribution in [0.1, 0.15) is 13.8 Å². The van der Waals surface area contributed by atoms with E-state index in [1.807, 2.05) is 19.0 Å². The van der Waals surface area contributed by atoms with Gasteiger partial charge in [-0.1, -0.05) is 37.6 Å². The van der Waals surface area contributed by atoms with Gasteiger partial charge in [-0.3, -0.25) is 4.79 Å². The zero-order valence-electron chi connectivity index (χ0n) is 17.1. The second-order valence-corrected chi connectivity index (χ2v) is 8.89. The van der Waals surface area contributed by atoms with Crippen molar-refractivity contribution in [2.45, 2.75) is 18.7 Å². The molecular formula is C20H27ClN4O3S. The number of benzene rings is 2. The number of carbonyl (C=O) groups is 1. The number of rotatable bonds is 9. The molecule has 2 rings (SSSR count). The third kappa shape index (κ3) is 5.62. The van der Waals surface area contributed by atoms with Crippen molar-refractivity contribution >= 4 is 44.6 Å².